The number of pyridine rings is 1. The Morgan fingerprint density at radius 3 is 3.10 bits per heavy atom. The maximum absolute atomic E-state index is 12.3. The van der Waals surface area contributed by atoms with E-state index in [0.29, 0.717) is 24.6 Å². The van der Waals surface area contributed by atoms with Crippen molar-refractivity contribution in [2.45, 2.75) is 19.8 Å². The molecule has 0 aromatic carbocycles. The van der Waals surface area contributed by atoms with Gasteiger partial charge in [-0.05, 0) is 30.9 Å². The molecule has 1 aliphatic rings. The molecule has 3 N–H and O–H groups in total. The number of piperidine rings is 1. The number of anilines is 1. The zero-order valence-corrected chi connectivity index (χ0v) is 12.9. The molecule has 21 heavy (non-hydrogen) atoms. The highest BCUT2D eigenvalue weighted by Crippen LogP contribution is 2.19. The fourth-order valence-electron chi connectivity index (χ4n) is 2.28. The van der Waals surface area contributed by atoms with Crippen LogP contribution in [0.4, 0.5) is 5.82 Å². The van der Waals surface area contributed by atoms with Crippen LogP contribution in [0.5, 0.6) is 0 Å². The van der Waals surface area contributed by atoms with Crippen LogP contribution in [0.2, 0.25) is 0 Å². The van der Waals surface area contributed by atoms with Crippen LogP contribution in [0.25, 0.3) is 0 Å². The molecule has 0 amide bonds. The molecule has 1 unspecified atom stereocenters. The number of nitrogens with two attached hydrogens (primary N) is 1. The Morgan fingerprint density at radius 1 is 1.57 bits per heavy atom. The lowest BCUT2D eigenvalue weighted by atomic mass is 10.0. The van der Waals surface area contributed by atoms with Crippen LogP contribution in [-0.2, 0) is 10.2 Å². The normalized spacial score (nSPS) is 19.6. The minimum atomic E-state index is -3.56. The Balaban J connectivity index is 2.13. The second-order valence-corrected chi connectivity index (χ2v) is 6.82. The summed E-state index contributed by atoms with van der Waals surface area (Å²) in [6, 6.07) is 3.32. The molecule has 1 atom stereocenters. The van der Waals surface area contributed by atoms with Gasteiger partial charge in [-0.2, -0.15) is 12.7 Å². The van der Waals surface area contributed by atoms with Gasteiger partial charge in [-0.1, -0.05) is 18.8 Å². The van der Waals surface area contributed by atoms with Crippen LogP contribution in [-0.4, -0.2) is 37.3 Å². The monoisotopic (exact) mass is 308 g/mol. The average molecular weight is 308 g/mol. The molecular weight excluding hydrogens is 288 g/mol. The first-order valence-electron chi connectivity index (χ1n) is 6.94. The van der Waals surface area contributed by atoms with Crippen molar-refractivity contribution in [3.8, 4) is 11.8 Å². The van der Waals surface area contributed by atoms with E-state index in [4.69, 9.17) is 5.73 Å². The average Bonchev–Trinajstić information content (AvgIpc) is 2.45. The summed E-state index contributed by atoms with van der Waals surface area (Å²) in [5.74, 6) is 6.23. The van der Waals surface area contributed by atoms with E-state index in [2.05, 4.69) is 28.5 Å². The minimum absolute atomic E-state index is 0.259. The lowest BCUT2D eigenvalue weighted by Crippen LogP contribution is -2.42. The second-order valence-electron chi connectivity index (χ2n) is 5.15. The van der Waals surface area contributed by atoms with Crippen LogP contribution >= 0.6 is 0 Å². The molecule has 1 fully saturated rings. The molecule has 6 nitrogen and oxygen atoms in total. The maximum Gasteiger partial charge on any atom is 0.302 e. The van der Waals surface area contributed by atoms with E-state index in [9.17, 15) is 8.42 Å². The van der Waals surface area contributed by atoms with Crippen molar-refractivity contribution >= 4 is 16.0 Å². The molecule has 1 aliphatic heterocycles. The topological polar surface area (TPSA) is 88.3 Å². The third-order valence-electron chi connectivity index (χ3n) is 3.29. The zero-order valence-electron chi connectivity index (χ0n) is 12.0. The Hall–Kier alpha value is -1.62. The number of hydrogen-bond acceptors (Lipinski definition) is 4. The van der Waals surface area contributed by atoms with Gasteiger partial charge in [0.05, 0.1) is 6.54 Å². The van der Waals surface area contributed by atoms with Crippen LogP contribution in [0.1, 0.15) is 25.3 Å². The quantitative estimate of drug-likeness (QED) is 0.808. The summed E-state index contributed by atoms with van der Waals surface area (Å²) in [4.78, 5) is 4.03. The van der Waals surface area contributed by atoms with E-state index in [1.165, 1.54) is 10.5 Å². The first-order valence-corrected chi connectivity index (χ1v) is 8.38. The second kappa shape index (κ2) is 6.89. The molecule has 0 aliphatic carbocycles. The van der Waals surface area contributed by atoms with Crippen molar-refractivity contribution in [2.75, 3.05) is 24.4 Å². The number of aromatic nitrogens is 1. The number of nitrogens with zero attached hydrogens (tertiary/aromatic N) is 2. The molecule has 1 aromatic heterocycles. The smallest absolute Gasteiger partial charge is 0.302 e. The summed E-state index contributed by atoms with van der Waals surface area (Å²) in [6.07, 6.45) is 3.48. The molecule has 0 saturated carbocycles. The minimum Gasteiger partial charge on any atom is -0.320 e. The Kier molecular flexibility index (Phi) is 5.17. The third-order valence-corrected chi connectivity index (χ3v) is 4.77. The predicted octanol–water partition coefficient (Wildman–Crippen LogP) is 0.780. The lowest BCUT2D eigenvalue weighted by Gasteiger charge is -2.29. The molecule has 0 spiro atoms. The number of hydrogen-bond donors (Lipinski definition) is 2. The molecule has 1 saturated heterocycles. The summed E-state index contributed by atoms with van der Waals surface area (Å²) in [5.41, 5.74) is 6.00. The fourth-order valence-corrected chi connectivity index (χ4v) is 3.60. The van der Waals surface area contributed by atoms with E-state index >= 15 is 0 Å². The lowest BCUT2D eigenvalue weighted by molar-refractivity contribution is 0.282. The van der Waals surface area contributed by atoms with Gasteiger partial charge in [0.1, 0.15) is 5.82 Å². The predicted molar refractivity (Wildman–Crippen MR) is 82.7 cm³/mol. The summed E-state index contributed by atoms with van der Waals surface area (Å²) in [7, 11) is -3.56. The van der Waals surface area contributed by atoms with Crippen molar-refractivity contribution in [1.82, 2.24) is 9.29 Å². The SMILES string of the molecule is CC1CCCN(S(=O)(=O)Nc2cc(C#CCN)ccn2)C1. The number of rotatable bonds is 3. The molecule has 7 heteroatoms. The molecule has 2 heterocycles. The van der Waals surface area contributed by atoms with Crippen molar-refractivity contribution in [3.05, 3.63) is 23.9 Å². The molecule has 2 rings (SSSR count). The van der Waals surface area contributed by atoms with Gasteiger partial charge in [-0.25, -0.2) is 4.98 Å². The molecule has 1 aromatic rings. The van der Waals surface area contributed by atoms with Gasteiger partial charge in [-0.3, -0.25) is 4.72 Å². The Bertz CT molecular complexity index is 648. The molecule has 0 bridgehead atoms. The highest BCUT2D eigenvalue weighted by Gasteiger charge is 2.27. The standard InChI is InChI=1S/C14H20N4O2S/c1-12-4-3-9-18(11-12)21(19,20)17-14-10-13(5-2-7-15)6-8-16-14/h6,8,10,12H,3-4,7,9,11,15H2,1H3,(H,16,17). The summed E-state index contributed by atoms with van der Waals surface area (Å²) in [6.45, 7) is 3.41. The molecule has 114 valence electrons. The van der Waals surface area contributed by atoms with Gasteiger partial charge in [-0.15, -0.1) is 0 Å². The van der Waals surface area contributed by atoms with Crippen molar-refractivity contribution < 1.29 is 8.42 Å². The van der Waals surface area contributed by atoms with E-state index in [-0.39, 0.29) is 12.4 Å². The zero-order chi connectivity index (χ0) is 15.3. The Morgan fingerprint density at radius 2 is 2.38 bits per heavy atom. The van der Waals surface area contributed by atoms with Crippen molar-refractivity contribution in [3.63, 3.8) is 0 Å². The Labute approximate surface area is 125 Å². The van der Waals surface area contributed by atoms with E-state index < -0.39 is 10.2 Å². The van der Waals surface area contributed by atoms with Crippen LogP contribution in [0.3, 0.4) is 0 Å². The molecular formula is C14H20N4O2S. The van der Waals surface area contributed by atoms with Gasteiger partial charge in [0, 0.05) is 24.8 Å². The van der Waals surface area contributed by atoms with E-state index in [1.54, 1.807) is 12.1 Å². The third kappa shape index (κ3) is 4.43. The van der Waals surface area contributed by atoms with Gasteiger partial charge >= 0.3 is 10.2 Å². The highest BCUT2D eigenvalue weighted by molar-refractivity contribution is 7.90. The van der Waals surface area contributed by atoms with Gasteiger partial charge < -0.3 is 5.73 Å². The first kappa shape index (κ1) is 15.8. The maximum atomic E-state index is 12.3. The summed E-state index contributed by atoms with van der Waals surface area (Å²) < 4.78 is 28.7. The van der Waals surface area contributed by atoms with Crippen molar-refractivity contribution in [2.24, 2.45) is 11.7 Å². The summed E-state index contributed by atoms with van der Waals surface area (Å²) >= 11 is 0. The van der Waals surface area contributed by atoms with Crippen LogP contribution in [0, 0.1) is 17.8 Å². The van der Waals surface area contributed by atoms with Gasteiger partial charge in [0.15, 0.2) is 0 Å². The van der Waals surface area contributed by atoms with E-state index in [0.717, 1.165) is 12.8 Å². The highest BCUT2D eigenvalue weighted by atomic mass is 32.2. The van der Waals surface area contributed by atoms with Crippen molar-refractivity contribution in [1.29, 1.82) is 0 Å². The van der Waals surface area contributed by atoms with Crippen LogP contribution in [0.15, 0.2) is 18.3 Å². The van der Waals surface area contributed by atoms with Gasteiger partial charge in [0.25, 0.3) is 0 Å². The van der Waals surface area contributed by atoms with Gasteiger partial charge in [0.2, 0.25) is 0 Å². The number of nitrogens with one attached hydrogen (secondary N) is 1. The first-order chi connectivity index (χ1) is 10.0. The summed E-state index contributed by atoms with van der Waals surface area (Å²) in [5, 5.41) is 0. The molecule has 0 radical (unpaired) electrons. The van der Waals surface area contributed by atoms with E-state index in [1.807, 2.05) is 0 Å². The fraction of sp³-hybridized carbons (Fsp3) is 0.500. The largest absolute Gasteiger partial charge is 0.320 e. The van der Waals surface area contributed by atoms with Crippen LogP contribution < -0.4 is 10.5 Å².